The Morgan fingerprint density at radius 1 is 0.711 bits per heavy atom. The average molecular weight is 621 g/mol. The number of fused-ring (bicyclic) bond motifs is 2. The van der Waals surface area contributed by atoms with Crippen molar-refractivity contribution in [3.8, 4) is 0 Å². The maximum Gasteiger partial charge on any atom is 0.276 e. The van der Waals surface area contributed by atoms with E-state index in [1.807, 2.05) is 0 Å². The number of likely N-dealkylation sites (N-methyl/N-ethyl adjacent to an activating group) is 1. The number of hydrogen-bond donors (Lipinski definition) is 3. The van der Waals surface area contributed by atoms with Gasteiger partial charge in [-0.3, -0.25) is 9.59 Å². The molecular weight excluding hydrogens is 576 g/mol. The molecule has 0 aromatic carbocycles. The van der Waals surface area contributed by atoms with Crippen LogP contribution in [0.15, 0.2) is 22.0 Å². The maximum absolute atomic E-state index is 12.4. The molecule has 4 saturated heterocycles. The van der Waals surface area contributed by atoms with Gasteiger partial charge < -0.3 is 29.7 Å². The second-order valence-electron chi connectivity index (χ2n) is 13.3. The largest absolute Gasteiger partial charge is 0.381 e. The molecule has 0 spiro atoms. The van der Waals surface area contributed by atoms with E-state index in [4.69, 9.17) is 19.7 Å². The number of aromatic amines is 2. The number of aromatic nitrogens is 8. The van der Waals surface area contributed by atoms with Gasteiger partial charge in [0.05, 0.1) is 12.4 Å². The molecule has 0 bridgehead atoms. The molecular formula is C31H44N10O4. The van der Waals surface area contributed by atoms with Crippen molar-refractivity contribution in [2.45, 2.75) is 63.2 Å². The fourth-order valence-electron chi connectivity index (χ4n) is 7.41. The molecule has 14 nitrogen and oxygen atoms in total. The second kappa shape index (κ2) is 12.7. The van der Waals surface area contributed by atoms with Crippen LogP contribution in [0.2, 0.25) is 0 Å². The van der Waals surface area contributed by atoms with Crippen LogP contribution in [0.4, 0.5) is 0 Å². The van der Waals surface area contributed by atoms with Crippen LogP contribution in [0.25, 0.3) is 11.0 Å². The summed E-state index contributed by atoms with van der Waals surface area (Å²) in [6, 6.07) is 0. The van der Waals surface area contributed by atoms with Gasteiger partial charge >= 0.3 is 0 Å². The molecule has 0 aliphatic carbocycles. The van der Waals surface area contributed by atoms with E-state index in [0.717, 1.165) is 102 Å². The third-order valence-electron chi connectivity index (χ3n) is 10.1. The molecule has 4 aromatic rings. The van der Waals surface area contributed by atoms with E-state index >= 15 is 0 Å². The molecule has 8 heterocycles. The zero-order chi connectivity index (χ0) is 31.1. The zero-order valence-electron chi connectivity index (χ0n) is 26.4. The number of H-pyrrole nitrogens is 2. The smallest absolute Gasteiger partial charge is 0.276 e. The summed E-state index contributed by atoms with van der Waals surface area (Å²) in [7, 11) is 2.11. The number of nitrogens with one attached hydrogen (secondary N) is 3. The van der Waals surface area contributed by atoms with Crippen LogP contribution in [0.5, 0.6) is 0 Å². The van der Waals surface area contributed by atoms with Crippen LogP contribution < -0.4 is 16.4 Å². The van der Waals surface area contributed by atoms with Crippen LogP contribution in [-0.4, -0.2) is 104 Å². The van der Waals surface area contributed by atoms with Gasteiger partial charge in [-0.05, 0) is 51.1 Å². The summed E-state index contributed by atoms with van der Waals surface area (Å²) >= 11 is 0. The van der Waals surface area contributed by atoms with Gasteiger partial charge in [0.2, 0.25) is 0 Å². The predicted octanol–water partition coefficient (Wildman–Crippen LogP) is 1.61. The highest BCUT2D eigenvalue weighted by Gasteiger charge is 2.32. The van der Waals surface area contributed by atoms with Gasteiger partial charge in [-0.1, -0.05) is 13.8 Å². The van der Waals surface area contributed by atoms with E-state index in [0.29, 0.717) is 34.7 Å². The van der Waals surface area contributed by atoms with Crippen LogP contribution in [-0.2, 0) is 9.47 Å². The lowest BCUT2D eigenvalue weighted by molar-refractivity contribution is 0.0831. The van der Waals surface area contributed by atoms with Crippen molar-refractivity contribution < 1.29 is 9.47 Å². The van der Waals surface area contributed by atoms with Gasteiger partial charge in [-0.2, -0.15) is 10.2 Å². The quantitative estimate of drug-likeness (QED) is 0.306. The summed E-state index contributed by atoms with van der Waals surface area (Å²) in [5, 5.41) is 12.8. The Morgan fingerprint density at radius 3 is 1.67 bits per heavy atom. The van der Waals surface area contributed by atoms with Gasteiger partial charge in [0, 0.05) is 69.7 Å². The summed E-state index contributed by atoms with van der Waals surface area (Å²) in [6.07, 6.45) is 7.02. The molecule has 8 rings (SSSR count). The van der Waals surface area contributed by atoms with Crippen LogP contribution >= 0.6 is 0 Å². The van der Waals surface area contributed by atoms with E-state index in [1.54, 1.807) is 21.4 Å². The highest BCUT2D eigenvalue weighted by molar-refractivity contribution is 5.43. The van der Waals surface area contributed by atoms with Gasteiger partial charge in [0.1, 0.15) is 23.3 Å². The minimum absolute atomic E-state index is 0.0948. The number of rotatable bonds is 4. The Hall–Kier alpha value is -3.46. The molecule has 4 aliphatic heterocycles. The molecule has 0 saturated carbocycles. The first-order chi connectivity index (χ1) is 21.9. The highest BCUT2D eigenvalue weighted by atomic mass is 16.5. The van der Waals surface area contributed by atoms with Gasteiger partial charge in [0.25, 0.3) is 11.1 Å². The Bertz CT molecular complexity index is 1750. The first-order valence-electron chi connectivity index (χ1n) is 16.4. The minimum atomic E-state index is -0.102. The first-order valence-corrected chi connectivity index (χ1v) is 16.4. The van der Waals surface area contributed by atoms with Crippen LogP contribution in [0.3, 0.4) is 0 Å². The number of hydrogen-bond acceptors (Lipinski definition) is 10. The van der Waals surface area contributed by atoms with E-state index < -0.39 is 0 Å². The summed E-state index contributed by atoms with van der Waals surface area (Å²) < 4.78 is 14.4. The fourth-order valence-corrected chi connectivity index (χ4v) is 7.41. The molecule has 4 atom stereocenters. The minimum Gasteiger partial charge on any atom is -0.381 e. The van der Waals surface area contributed by atoms with Crippen molar-refractivity contribution in [3.63, 3.8) is 0 Å². The Morgan fingerprint density at radius 2 is 1.22 bits per heavy atom. The molecule has 4 aliphatic rings. The lowest BCUT2D eigenvalue weighted by Crippen LogP contribution is -2.23. The molecule has 0 amide bonds. The monoisotopic (exact) mass is 620 g/mol. The Balaban J connectivity index is 0.000000145. The van der Waals surface area contributed by atoms with E-state index in [1.165, 1.54) is 0 Å². The predicted molar refractivity (Wildman–Crippen MR) is 167 cm³/mol. The van der Waals surface area contributed by atoms with Crippen molar-refractivity contribution in [2.75, 3.05) is 59.7 Å². The third-order valence-corrected chi connectivity index (χ3v) is 10.1. The molecule has 3 N–H and O–H groups in total. The van der Waals surface area contributed by atoms with Crippen molar-refractivity contribution in [1.29, 1.82) is 0 Å². The Kier molecular flexibility index (Phi) is 8.55. The summed E-state index contributed by atoms with van der Waals surface area (Å²) in [5.74, 6) is 5.44. The molecule has 4 unspecified atom stereocenters. The van der Waals surface area contributed by atoms with Crippen LogP contribution in [0.1, 0.15) is 86.5 Å². The molecule has 242 valence electrons. The average Bonchev–Trinajstić information content (AvgIpc) is 3.84. The normalized spacial score (nSPS) is 26.9. The van der Waals surface area contributed by atoms with E-state index in [2.05, 4.69) is 51.0 Å². The number of nitrogens with zero attached hydrogens (tertiary/aromatic N) is 7. The first kappa shape index (κ1) is 30.2. The molecule has 0 radical (unpaired) electrons. The molecule has 45 heavy (non-hydrogen) atoms. The van der Waals surface area contributed by atoms with Crippen molar-refractivity contribution >= 4 is 11.0 Å². The second-order valence-corrected chi connectivity index (χ2v) is 13.3. The highest BCUT2D eigenvalue weighted by Crippen LogP contribution is 2.30. The fraction of sp³-hybridized carbons (Fsp3) is 0.677. The Labute approximate surface area is 260 Å². The SMILES string of the molecule is CC1CN(C)CC1c1nn2c(C3CCOCC3)ncc2c(=O)[nH]1.CC1CNCC1c1nn2c(C3CCOCC3)ncc2c(=O)[nH]1. The zero-order valence-corrected chi connectivity index (χ0v) is 26.4. The topological polar surface area (TPSA) is 160 Å². The number of ether oxygens (including phenoxy) is 2. The molecule has 14 heteroatoms. The van der Waals surface area contributed by atoms with Gasteiger partial charge in [-0.25, -0.2) is 19.0 Å². The van der Waals surface area contributed by atoms with Crippen molar-refractivity contribution in [1.82, 2.24) is 49.4 Å². The number of likely N-dealkylation sites (tertiary alicyclic amines) is 1. The summed E-state index contributed by atoms with van der Waals surface area (Å²) in [5.41, 5.74) is 0.871. The van der Waals surface area contributed by atoms with Crippen LogP contribution in [0, 0.1) is 11.8 Å². The molecule has 4 fully saturated rings. The maximum atomic E-state index is 12.4. The van der Waals surface area contributed by atoms with Gasteiger partial charge in [0.15, 0.2) is 11.0 Å². The lowest BCUT2D eigenvalue weighted by Gasteiger charge is -2.21. The lowest BCUT2D eigenvalue weighted by atomic mass is 9.97. The summed E-state index contributed by atoms with van der Waals surface area (Å²) in [4.78, 5) is 42.0. The van der Waals surface area contributed by atoms with E-state index in [-0.39, 0.29) is 23.0 Å². The van der Waals surface area contributed by atoms with Gasteiger partial charge in [-0.15, -0.1) is 0 Å². The standard InChI is InChI=1S/C16H23N5O2.C15H21N5O2/c1-10-8-20(2)9-12(10)14-18-16(22)13-7-17-15(21(13)19-14)11-3-5-23-6-4-11;1-9-6-16-7-11(9)13-18-15(21)12-8-17-14(20(12)19-13)10-2-4-22-5-3-10/h7,10-12H,3-6,8-9H2,1-2H3,(H,18,19,22);8-11,16H,2-7H2,1H3,(H,18,19,21). The summed E-state index contributed by atoms with van der Waals surface area (Å²) in [6.45, 7) is 11.2. The van der Waals surface area contributed by atoms with Crippen molar-refractivity contribution in [3.05, 3.63) is 56.4 Å². The van der Waals surface area contributed by atoms with E-state index in [9.17, 15) is 9.59 Å². The molecule has 4 aromatic heterocycles. The number of imidazole rings is 2. The van der Waals surface area contributed by atoms with Crippen molar-refractivity contribution in [2.24, 2.45) is 11.8 Å². The third kappa shape index (κ3) is 5.96.